The van der Waals surface area contributed by atoms with Crippen LogP contribution in [0.3, 0.4) is 0 Å². The van der Waals surface area contributed by atoms with Gasteiger partial charge in [-0.25, -0.2) is 0 Å². The number of carbonyl (C=O) groups is 1. The van der Waals surface area contributed by atoms with Gasteiger partial charge in [-0.2, -0.15) is 4.98 Å². The third-order valence-corrected chi connectivity index (χ3v) is 4.98. The van der Waals surface area contributed by atoms with Crippen LogP contribution < -0.4 is 5.32 Å². The minimum atomic E-state index is -0.0777. The molecule has 1 amide bonds. The maximum atomic E-state index is 12.4. The average molecular weight is 401 g/mol. The first-order valence-electron chi connectivity index (χ1n) is 9.69. The molecule has 0 aliphatic rings. The largest absolute Gasteiger partial charge is 0.361 e. The van der Waals surface area contributed by atoms with E-state index in [0.29, 0.717) is 36.0 Å². The zero-order valence-corrected chi connectivity index (χ0v) is 16.3. The summed E-state index contributed by atoms with van der Waals surface area (Å²) >= 11 is 0. The summed E-state index contributed by atoms with van der Waals surface area (Å²) in [4.78, 5) is 20.0. The molecular formula is C21H19N7O2. The predicted molar refractivity (Wildman–Crippen MR) is 110 cm³/mol. The highest BCUT2D eigenvalue weighted by molar-refractivity contribution is 5.88. The van der Waals surface area contributed by atoms with Crippen LogP contribution in [0.25, 0.3) is 28.0 Å². The number of aromatic amines is 1. The number of aromatic nitrogens is 6. The molecule has 9 heteroatoms. The number of hydrogen-bond acceptors (Lipinski definition) is 6. The molecule has 4 heterocycles. The summed E-state index contributed by atoms with van der Waals surface area (Å²) in [7, 11) is 0. The van der Waals surface area contributed by atoms with E-state index < -0.39 is 0 Å². The number of carbonyl (C=O) groups excluding carboxylic acids is 1. The maximum Gasteiger partial charge on any atom is 0.258 e. The first-order valence-corrected chi connectivity index (χ1v) is 9.69. The molecule has 2 N–H and O–H groups in total. The van der Waals surface area contributed by atoms with Crippen LogP contribution in [-0.4, -0.2) is 35.6 Å². The number of fused-ring (bicyclic) bond motifs is 2. The Hall–Kier alpha value is -4.01. The van der Waals surface area contributed by atoms with Crippen LogP contribution in [0.15, 0.2) is 53.3 Å². The van der Waals surface area contributed by atoms with Gasteiger partial charge in [0.2, 0.25) is 5.91 Å². The summed E-state index contributed by atoms with van der Waals surface area (Å²) in [6.07, 6.45) is 4.71. The van der Waals surface area contributed by atoms with Gasteiger partial charge in [0.05, 0.1) is 13.0 Å². The Kier molecular flexibility index (Phi) is 4.47. The fourth-order valence-electron chi connectivity index (χ4n) is 3.40. The zero-order chi connectivity index (χ0) is 20.5. The van der Waals surface area contributed by atoms with Gasteiger partial charge in [0, 0.05) is 35.3 Å². The highest BCUT2D eigenvalue weighted by Gasteiger charge is 2.13. The number of pyridine rings is 1. The molecule has 0 aliphatic heterocycles. The summed E-state index contributed by atoms with van der Waals surface area (Å²) in [6, 6.07) is 11.6. The maximum absolute atomic E-state index is 12.4. The number of amides is 1. The van der Waals surface area contributed by atoms with E-state index in [-0.39, 0.29) is 12.5 Å². The Labute approximate surface area is 171 Å². The van der Waals surface area contributed by atoms with Gasteiger partial charge in [0.15, 0.2) is 17.3 Å². The molecule has 30 heavy (non-hydrogen) atoms. The van der Waals surface area contributed by atoms with Gasteiger partial charge < -0.3 is 14.8 Å². The van der Waals surface area contributed by atoms with Gasteiger partial charge in [-0.15, -0.1) is 10.2 Å². The Bertz CT molecular complexity index is 1350. The Morgan fingerprint density at radius 2 is 2.13 bits per heavy atom. The van der Waals surface area contributed by atoms with Crippen molar-refractivity contribution in [2.24, 2.45) is 0 Å². The average Bonchev–Trinajstić information content (AvgIpc) is 3.50. The van der Waals surface area contributed by atoms with Gasteiger partial charge in [-0.1, -0.05) is 30.3 Å². The van der Waals surface area contributed by atoms with Crippen LogP contribution in [0.4, 0.5) is 0 Å². The van der Waals surface area contributed by atoms with E-state index in [2.05, 4.69) is 30.6 Å². The summed E-state index contributed by atoms with van der Waals surface area (Å²) in [5.74, 6) is 1.67. The number of aryl methyl sites for hydroxylation is 1. The minimum Gasteiger partial charge on any atom is -0.361 e. The Morgan fingerprint density at radius 1 is 1.23 bits per heavy atom. The van der Waals surface area contributed by atoms with Crippen LogP contribution in [0.1, 0.15) is 24.1 Å². The lowest BCUT2D eigenvalue weighted by Crippen LogP contribution is -2.25. The monoisotopic (exact) mass is 401 g/mol. The lowest BCUT2D eigenvalue weighted by Gasteiger charge is -2.04. The fourth-order valence-corrected chi connectivity index (χ4v) is 3.40. The smallest absolute Gasteiger partial charge is 0.258 e. The van der Waals surface area contributed by atoms with E-state index in [1.807, 2.05) is 60.1 Å². The van der Waals surface area contributed by atoms with E-state index in [1.54, 1.807) is 0 Å². The molecule has 0 radical (unpaired) electrons. The van der Waals surface area contributed by atoms with Crippen molar-refractivity contribution in [3.8, 4) is 11.5 Å². The Balaban J connectivity index is 1.29. The van der Waals surface area contributed by atoms with Crippen LogP contribution in [-0.2, 0) is 24.2 Å². The number of nitrogens with zero attached hydrogens (tertiary/aromatic N) is 5. The van der Waals surface area contributed by atoms with Gasteiger partial charge >= 0.3 is 0 Å². The second kappa shape index (κ2) is 7.43. The predicted octanol–water partition coefficient (Wildman–Crippen LogP) is 2.68. The molecule has 0 saturated heterocycles. The van der Waals surface area contributed by atoms with Gasteiger partial charge in [-0.05, 0) is 23.8 Å². The third-order valence-electron chi connectivity index (χ3n) is 4.98. The first-order chi connectivity index (χ1) is 14.7. The minimum absolute atomic E-state index is 0.0777. The SMILES string of the molecule is CCc1noc(-c2ccn3c(CNC(=O)Cc4c[nH]c5ccccc45)nnc3c2)n1. The van der Waals surface area contributed by atoms with Crippen LogP contribution in [0.2, 0.25) is 0 Å². The molecule has 5 aromatic rings. The molecule has 0 unspecified atom stereocenters. The highest BCUT2D eigenvalue weighted by Crippen LogP contribution is 2.20. The van der Waals surface area contributed by atoms with Crippen molar-refractivity contribution in [2.75, 3.05) is 0 Å². The van der Waals surface area contributed by atoms with Crippen molar-refractivity contribution in [3.05, 3.63) is 66.0 Å². The van der Waals surface area contributed by atoms with Crippen molar-refractivity contribution in [3.63, 3.8) is 0 Å². The van der Waals surface area contributed by atoms with E-state index in [1.165, 1.54) is 0 Å². The van der Waals surface area contributed by atoms with E-state index in [0.717, 1.165) is 22.0 Å². The number of H-pyrrole nitrogens is 1. The molecule has 0 fully saturated rings. The molecule has 150 valence electrons. The summed E-state index contributed by atoms with van der Waals surface area (Å²) < 4.78 is 7.10. The van der Waals surface area contributed by atoms with Gasteiger partial charge in [0.25, 0.3) is 5.89 Å². The Morgan fingerprint density at radius 3 is 3.00 bits per heavy atom. The molecule has 0 aliphatic carbocycles. The lowest BCUT2D eigenvalue weighted by atomic mass is 10.1. The molecule has 4 aromatic heterocycles. The first kappa shape index (κ1) is 18.0. The summed E-state index contributed by atoms with van der Waals surface area (Å²) in [5.41, 5.74) is 3.40. The third kappa shape index (κ3) is 3.30. The van der Waals surface area contributed by atoms with Crippen molar-refractivity contribution in [2.45, 2.75) is 26.3 Å². The molecule has 1 aromatic carbocycles. The summed E-state index contributed by atoms with van der Waals surface area (Å²) in [5, 5.41) is 16.3. The lowest BCUT2D eigenvalue weighted by molar-refractivity contribution is -0.120. The second-order valence-electron chi connectivity index (χ2n) is 6.94. The molecule has 0 saturated carbocycles. The molecule has 0 atom stereocenters. The number of nitrogens with one attached hydrogen (secondary N) is 2. The van der Waals surface area contributed by atoms with E-state index >= 15 is 0 Å². The standard InChI is InChI=1S/C21H19N7O2/c1-2-17-24-21(30-27-17)13-7-8-28-18(9-13)25-26-19(28)12-23-20(29)10-14-11-22-16-6-4-3-5-15(14)16/h3-9,11,22H,2,10,12H2,1H3,(H,23,29). The topological polar surface area (TPSA) is 114 Å². The second-order valence-corrected chi connectivity index (χ2v) is 6.94. The van der Waals surface area contributed by atoms with Crippen molar-refractivity contribution >= 4 is 22.5 Å². The number of para-hydroxylation sites is 1. The van der Waals surface area contributed by atoms with Crippen molar-refractivity contribution in [1.29, 1.82) is 0 Å². The number of benzene rings is 1. The normalized spacial score (nSPS) is 11.4. The van der Waals surface area contributed by atoms with Gasteiger partial charge in [0.1, 0.15) is 0 Å². The van der Waals surface area contributed by atoms with Crippen LogP contribution >= 0.6 is 0 Å². The van der Waals surface area contributed by atoms with Gasteiger partial charge in [-0.3, -0.25) is 9.20 Å². The number of hydrogen-bond donors (Lipinski definition) is 2. The van der Waals surface area contributed by atoms with Crippen LogP contribution in [0, 0.1) is 0 Å². The fraction of sp³-hybridized carbons (Fsp3) is 0.190. The van der Waals surface area contributed by atoms with E-state index in [4.69, 9.17) is 4.52 Å². The molecule has 0 spiro atoms. The molecule has 0 bridgehead atoms. The van der Waals surface area contributed by atoms with Crippen molar-refractivity contribution in [1.82, 2.24) is 35.0 Å². The van der Waals surface area contributed by atoms with Crippen molar-refractivity contribution < 1.29 is 9.32 Å². The highest BCUT2D eigenvalue weighted by atomic mass is 16.5. The number of rotatable bonds is 6. The molecule has 5 rings (SSSR count). The zero-order valence-electron chi connectivity index (χ0n) is 16.3. The molecule has 9 nitrogen and oxygen atoms in total. The van der Waals surface area contributed by atoms with E-state index in [9.17, 15) is 4.79 Å². The molecular weight excluding hydrogens is 382 g/mol. The quantitative estimate of drug-likeness (QED) is 0.452. The summed E-state index contributed by atoms with van der Waals surface area (Å²) in [6.45, 7) is 2.25. The van der Waals surface area contributed by atoms with Crippen LogP contribution in [0.5, 0.6) is 0 Å².